The van der Waals surface area contributed by atoms with Gasteiger partial charge in [0.25, 0.3) is 5.91 Å². The molecule has 0 saturated heterocycles. The van der Waals surface area contributed by atoms with Crippen molar-refractivity contribution >= 4 is 32.8 Å². The van der Waals surface area contributed by atoms with E-state index in [-0.39, 0.29) is 14.0 Å². The fraction of sp³-hybridized carbons (Fsp3) is 0.0556. The molecule has 1 amide bonds. The second kappa shape index (κ2) is 6.78. The van der Waals surface area contributed by atoms with E-state index in [1.54, 1.807) is 24.3 Å². The molecule has 0 unspecified atom stereocenters. The van der Waals surface area contributed by atoms with E-state index in [1.165, 1.54) is 36.4 Å². The van der Waals surface area contributed by atoms with Gasteiger partial charge in [0.15, 0.2) is 0 Å². The van der Waals surface area contributed by atoms with Crippen molar-refractivity contribution in [2.45, 2.75) is 16.0 Å². The number of nitrogens with one attached hydrogen (secondary N) is 1. The smallest absolute Gasteiger partial charge is 0.265 e. The quantitative estimate of drug-likeness (QED) is 0.740. The van der Waals surface area contributed by atoms with Gasteiger partial charge >= 0.3 is 0 Å². The normalized spacial score (nSPS) is 11.3. The molecule has 0 saturated carbocycles. The Hall–Kier alpha value is -2.51. The Morgan fingerprint density at radius 1 is 0.960 bits per heavy atom. The van der Waals surface area contributed by atoms with Crippen molar-refractivity contribution in [1.29, 1.82) is 0 Å². The lowest BCUT2D eigenvalue weighted by molar-refractivity contribution is 0.103. The maximum absolute atomic E-state index is 12.9. The van der Waals surface area contributed by atoms with Gasteiger partial charge in [0.05, 0.1) is 9.77 Å². The van der Waals surface area contributed by atoms with E-state index in [0.717, 1.165) is 16.9 Å². The number of sulfone groups is 1. The zero-order chi connectivity index (χ0) is 18.0. The molecule has 0 bridgehead atoms. The van der Waals surface area contributed by atoms with Crippen molar-refractivity contribution in [2.24, 2.45) is 0 Å². The SMILES string of the molecule is Cc1ccc(S(=O)(=O)c2ccc(C(=O)Nc3ccc(F)cc3)s2)cc1. The van der Waals surface area contributed by atoms with Crippen molar-refractivity contribution in [3.63, 3.8) is 0 Å². The summed E-state index contributed by atoms with van der Waals surface area (Å²) >= 11 is 0.895. The van der Waals surface area contributed by atoms with Gasteiger partial charge in [0.1, 0.15) is 10.0 Å². The average molecular weight is 375 g/mol. The van der Waals surface area contributed by atoms with Gasteiger partial charge in [0, 0.05) is 5.69 Å². The van der Waals surface area contributed by atoms with Crippen LogP contribution < -0.4 is 5.32 Å². The van der Waals surface area contributed by atoms with Gasteiger partial charge in [-0.3, -0.25) is 4.79 Å². The van der Waals surface area contributed by atoms with Crippen molar-refractivity contribution in [3.05, 3.63) is 76.9 Å². The minimum absolute atomic E-state index is 0.0978. The lowest BCUT2D eigenvalue weighted by atomic mass is 10.2. The molecule has 128 valence electrons. The fourth-order valence-corrected chi connectivity index (χ4v) is 4.75. The lowest BCUT2D eigenvalue weighted by Crippen LogP contribution is -2.09. The number of carbonyl (C=O) groups is 1. The third-order valence-electron chi connectivity index (χ3n) is 3.50. The molecule has 0 spiro atoms. The Kier molecular flexibility index (Phi) is 4.69. The highest BCUT2D eigenvalue weighted by Gasteiger charge is 2.21. The molecule has 3 rings (SSSR count). The third kappa shape index (κ3) is 3.78. The van der Waals surface area contributed by atoms with Crippen LogP contribution in [0.1, 0.15) is 15.2 Å². The van der Waals surface area contributed by atoms with Crippen LogP contribution in [0.5, 0.6) is 0 Å². The largest absolute Gasteiger partial charge is 0.321 e. The van der Waals surface area contributed by atoms with Crippen LogP contribution in [-0.2, 0) is 9.84 Å². The minimum Gasteiger partial charge on any atom is -0.321 e. The van der Waals surface area contributed by atoms with Gasteiger partial charge in [-0.05, 0) is 55.5 Å². The topological polar surface area (TPSA) is 63.2 Å². The van der Waals surface area contributed by atoms with Crippen molar-refractivity contribution in [2.75, 3.05) is 5.32 Å². The van der Waals surface area contributed by atoms with Crippen LogP contribution >= 0.6 is 11.3 Å². The number of amides is 1. The number of rotatable bonds is 4. The van der Waals surface area contributed by atoms with Crippen LogP contribution in [0.15, 0.2) is 69.8 Å². The Morgan fingerprint density at radius 3 is 2.24 bits per heavy atom. The number of thiophene rings is 1. The van der Waals surface area contributed by atoms with E-state index in [2.05, 4.69) is 5.32 Å². The molecule has 3 aromatic rings. The molecule has 0 aliphatic carbocycles. The summed E-state index contributed by atoms with van der Waals surface area (Å²) in [6.45, 7) is 1.87. The Bertz CT molecular complexity index is 1010. The van der Waals surface area contributed by atoms with Gasteiger partial charge in [0.2, 0.25) is 9.84 Å². The number of halogens is 1. The minimum atomic E-state index is -3.66. The molecular weight excluding hydrogens is 361 g/mol. The molecular formula is C18H14FNO3S2. The van der Waals surface area contributed by atoms with Gasteiger partial charge in [-0.2, -0.15) is 0 Å². The highest BCUT2D eigenvalue weighted by atomic mass is 32.2. The van der Waals surface area contributed by atoms with Gasteiger partial charge in [-0.1, -0.05) is 17.7 Å². The molecule has 1 N–H and O–H groups in total. The van der Waals surface area contributed by atoms with Gasteiger partial charge < -0.3 is 5.32 Å². The Morgan fingerprint density at radius 2 is 1.60 bits per heavy atom. The van der Waals surface area contributed by atoms with E-state index in [9.17, 15) is 17.6 Å². The van der Waals surface area contributed by atoms with Crippen LogP contribution in [0.4, 0.5) is 10.1 Å². The van der Waals surface area contributed by atoms with E-state index in [1.807, 2.05) is 6.92 Å². The highest BCUT2D eigenvalue weighted by Crippen LogP contribution is 2.28. The molecule has 1 aromatic heterocycles. The van der Waals surface area contributed by atoms with Crippen molar-refractivity contribution in [1.82, 2.24) is 0 Å². The second-order valence-electron chi connectivity index (χ2n) is 5.40. The van der Waals surface area contributed by atoms with Crippen LogP contribution in [-0.4, -0.2) is 14.3 Å². The summed E-state index contributed by atoms with van der Waals surface area (Å²) in [6, 6.07) is 14.8. The molecule has 0 fully saturated rings. The molecule has 0 aliphatic heterocycles. The van der Waals surface area contributed by atoms with Gasteiger partial charge in [-0.15, -0.1) is 11.3 Å². The summed E-state index contributed by atoms with van der Waals surface area (Å²) in [6.07, 6.45) is 0. The van der Waals surface area contributed by atoms with Gasteiger partial charge in [-0.25, -0.2) is 12.8 Å². The summed E-state index contributed by atoms with van der Waals surface area (Å²) in [5.74, 6) is -0.845. The first kappa shape index (κ1) is 17.3. The Labute approximate surface area is 148 Å². The number of hydrogen-bond donors (Lipinski definition) is 1. The Balaban J connectivity index is 1.82. The molecule has 0 aliphatic rings. The number of anilines is 1. The van der Waals surface area contributed by atoms with Crippen LogP contribution in [0.25, 0.3) is 0 Å². The molecule has 0 atom stereocenters. The van der Waals surface area contributed by atoms with Crippen molar-refractivity contribution in [3.8, 4) is 0 Å². The summed E-state index contributed by atoms with van der Waals surface area (Å²) < 4.78 is 38.2. The van der Waals surface area contributed by atoms with Crippen LogP contribution in [0, 0.1) is 12.7 Å². The summed E-state index contributed by atoms with van der Waals surface area (Å²) in [5, 5.41) is 2.61. The second-order valence-corrected chi connectivity index (χ2v) is 8.66. The molecule has 2 aromatic carbocycles. The zero-order valence-electron chi connectivity index (χ0n) is 13.2. The standard InChI is InChI=1S/C18H14FNO3S2/c1-12-2-8-15(9-3-12)25(22,23)17-11-10-16(24-17)18(21)20-14-6-4-13(19)5-7-14/h2-11H,1H3,(H,20,21). The van der Waals surface area contributed by atoms with E-state index in [4.69, 9.17) is 0 Å². The van der Waals surface area contributed by atoms with E-state index in [0.29, 0.717) is 5.69 Å². The zero-order valence-corrected chi connectivity index (χ0v) is 14.8. The molecule has 7 heteroatoms. The maximum atomic E-state index is 12.9. The highest BCUT2D eigenvalue weighted by molar-refractivity contribution is 7.93. The third-order valence-corrected chi connectivity index (χ3v) is 6.85. The predicted molar refractivity (Wildman–Crippen MR) is 95.3 cm³/mol. The summed E-state index contributed by atoms with van der Waals surface area (Å²) in [7, 11) is -3.66. The first-order valence-corrected chi connectivity index (χ1v) is 9.65. The average Bonchev–Trinajstić information content (AvgIpc) is 3.08. The molecule has 0 radical (unpaired) electrons. The van der Waals surface area contributed by atoms with Crippen LogP contribution in [0.3, 0.4) is 0 Å². The number of carbonyl (C=O) groups excluding carboxylic acids is 1. The number of benzene rings is 2. The molecule has 25 heavy (non-hydrogen) atoms. The van der Waals surface area contributed by atoms with Crippen LogP contribution in [0.2, 0.25) is 0 Å². The van der Waals surface area contributed by atoms with E-state index < -0.39 is 21.6 Å². The van der Waals surface area contributed by atoms with E-state index >= 15 is 0 Å². The predicted octanol–water partition coefficient (Wildman–Crippen LogP) is 4.28. The molecule has 1 heterocycles. The maximum Gasteiger partial charge on any atom is 0.265 e. The lowest BCUT2D eigenvalue weighted by Gasteiger charge is -2.03. The van der Waals surface area contributed by atoms with Crippen molar-refractivity contribution < 1.29 is 17.6 Å². The first-order valence-electron chi connectivity index (χ1n) is 7.35. The monoisotopic (exact) mass is 375 g/mol. The first-order chi connectivity index (χ1) is 11.9. The summed E-state index contributed by atoms with van der Waals surface area (Å²) in [4.78, 5) is 12.7. The number of hydrogen-bond acceptors (Lipinski definition) is 4. The molecule has 4 nitrogen and oxygen atoms in total. The summed E-state index contributed by atoms with van der Waals surface area (Å²) in [5.41, 5.74) is 1.40. The number of aryl methyl sites for hydroxylation is 1. The fourth-order valence-electron chi connectivity index (χ4n) is 2.15.